The van der Waals surface area contributed by atoms with Crippen LogP contribution in [-0.4, -0.2) is 4.98 Å². The number of nitrogens with two attached hydrogens (primary N) is 1. The van der Waals surface area contributed by atoms with Crippen LogP contribution in [0.3, 0.4) is 0 Å². The Bertz CT molecular complexity index is 628. The predicted octanol–water partition coefficient (Wildman–Crippen LogP) is 4.05. The first kappa shape index (κ1) is 14.9. The Morgan fingerprint density at radius 3 is 2.45 bits per heavy atom. The molecule has 0 spiro atoms. The fourth-order valence-corrected chi connectivity index (χ4v) is 2.18. The zero-order valence-corrected chi connectivity index (χ0v) is 11.5. The number of hydrogen-bond acceptors (Lipinski definition) is 2. The molecular formula is C13H9BrF4N2. The summed E-state index contributed by atoms with van der Waals surface area (Å²) in [6, 6.07) is 3.63. The molecule has 0 amide bonds. The lowest BCUT2D eigenvalue weighted by Crippen LogP contribution is -2.18. The van der Waals surface area contributed by atoms with Crippen LogP contribution in [-0.2, 0) is 6.18 Å². The number of benzene rings is 1. The van der Waals surface area contributed by atoms with Gasteiger partial charge in [-0.3, -0.25) is 4.98 Å². The average molecular weight is 349 g/mol. The van der Waals surface area contributed by atoms with Crippen LogP contribution in [0.2, 0.25) is 0 Å². The molecule has 0 fully saturated rings. The van der Waals surface area contributed by atoms with E-state index in [2.05, 4.69) is 20.9 Å². The SMILES string of the molecule is NC(c1cncc(F)c1)c1ccc(Br)cc1C(F)(F)F. The maximum absolute atomic E-state index is 13.1. The van der Waals surface area contributed by atoms with Crippen LogP contribution in [0.4, 0.5) is 17.6 Å². The summed E-state index contributed by atoms with van der Waals surface area (Å²) >= 11 is 2.99. The van der Waals surface area contributed by atoms with Crippen LogP contribution in [0.1, 0.15) is 22.7 Å². The molecule has 7 heteroatoms. The van der Waals surface area contributed by atoms with E-state index in [1.165, 1.54) is 18.3 Å². The van der Waals surface area contributed by atoms with Gasteiger partial charge in [0.05, 0.1) is 17.8 Å². The number of pyridine rings is 1. The maximum Gasteiger partial charge on any atom is 0.416 e. The van der Waals surface area contributed by atoms with Crippen LogP contribution in [0.5, 0.6) is 0 Å². The van der Waals surface area contributed by atoms with Gasteiger partial charge in [-0.2, -0.15) is 13.2 Å². The molecule has 106 valence electrons. The molecule has 0 aliphatic heterocycles. The molecule has 0 bridgehead atoms. The van der Waals surface area contributed by atoms with Crippen molar-refractivity contribution in [1.29, 1.82) is 0 Å². The molecule has 2 N–H and O–H groups in total. The van der Waals surface area contributed by atoms with Gasteiger partial charge in [-0.1, -0.05) is 22.0 Å². The quantitative estimate of drug-likeness (QED) is 0.831. The summed E-state index contributed by atoms with van der Waals surface area (Å²) in [5, 5.41) is 0. The molecule has 1 aromatic heterocycles. The van der Waals surface area contributed by atoms with E-state index in [9.17, 15) is 17.6 Å². The van der Waals surface area contributed by atoms with Gasteiger partial charge in [0.2, 0.25) is 0 Å². The standard InChI is InChI=1S/C13H9BrF4N2/c14-8-1-2-10(11(4-8)13(16,17)18)12(19)7-3-9(15)6-20-5-7/h1-6,12H,19H2. The molecule has 2 rings (SSSR count). The van der Waals surface area contributed by atoms with Gasteiger partial charge in [-0.15, -0.1) is 0 Å². The summed E-state index contributed by atoms with van der Waals surface area (Å²) in [5.41, 5.74) is 5.00. The topological polar surface area (TPSA) is 38.9 Å². The van der Waals surface area contributed by atoms with E-state index in [1.54, 1.807) is 0 Å². The molecule has 2 nitrogen and oxygen atoms in total. The van der Waals surface area contributed by atoms with Crippen molar-refractivity contribution in [1.82, 2.24) is 4.98 Å². The first-order valence-electron chi connectivity index (χ1n) is 5.51. The second-order valence-corrected chi connectivity index (χ2v) is 5.06. The highest BCUT2D eigenvalue weighted by Gasteiger charge is 2.35. The van der Waals surface area contributed by atoms with Gasteiger partial charge in [0, 0.05) is 10.7 Å². The molecule has 0 aliphatic rings. The highest BCUT2D eigenvalue weighted by molar-refractivity contribution is 9.10. The van der Waals surface area contributed by atoms with E-state index in [0.717, 1.165) is 18.3 Å². The Morgan fingerprint density at radius 1 is 1.15 bits per heavy atom. The molecule has 1 atom stereocenters. The molecule has 1 heterocycles. The number of alkyl halides is 3. The number of rotatable bonds is 2. The first-order chi connectivity index (χ1) is 9.29. The van der Waals surface area contributed by atoms with Gasteiger partial charge in [0.25, 0.3) is 0 Å². The largest absolute Gasteiger partial charge is 0.416 e. The van der Waals surface area contributed by atoms with Gasteiger partial charge >= 0.3 is 6.18 Å². The highest BCUT2D eigenvalue weighted by Crippen LogP contribution is 2.37. The predicted molar refractivity (Wildman–Crippen MR) is 69.4 cm³/mol. The summed E-state index contributed by atoms with van der Waals surface area (Å²) in [7, 11) is 0. The van der Waals surface area contributed by atoms with Crippen molar-refractivity contribution in [2.75, 3.05) is 0 Å². The summed E-state index contributed by atoms with van der Waals surface area (Å²) in [4.78, 5) is 3.59. The molecule has 1 unspecified atom stereocenters. The van der Waals surface area contributed by atoms with Crippen molar-refractivity contribution >= 4 is 15.9 Å². The van der Waals surface area contributed by atoms with Crippen LogP contribution in [0.15, 0.2) is 41.1 Å². The van der Waals surface area contributed by atoms with E-state index in [1.807, 2.05) is 0 Å². The van der Waals surface area contributed by atoms with E-state index < -0.39 is 23.6 Å². The van der Waals surface area contributed by atoms with Crippen LogP contribution < -0.4 is 5.73 Å². The van der Waals surface area contributed by atoms with Crippen molar-refractivity contribution in [3.63, 3.8) is 0 Å². The molecule has 20 heavy (non-hydrogen) atoms. The van der Waals surface area contributed by atoms with Gasteiger partial charge in [0.15, 0.2) is 0 Å². The van der Waals surface area contributed by atoms with E-state index >= 15 is 0 Å². The number of halogens is 5. The Hall–Kier alpha value is -1.47. The second kappa shape index (κ2) is 5.49. The first-order valence-corrected chi connectivity index (χ1v) is 6.31. The van der Waals surface area contributed by atoms with Crippen molar-refractivity contribution in [3.05, 3.63) is 63.6 Å². The third-order valence-electron chi connectivity index (χ3n) is 2.74. The Labute approximate surface area is 120 Å². The lowest BCUT2D eigenvalue weighted by Gasteiger charge is -2.18. The zero-order chi connectivity index (χ0) is 14.9. The van der Waals surface area contributed by atoms with Gasteiger partial charge in [-0.05, 0) is 29.3 Å². The van der Waals surface area contributed by atoms with Crippen LogP contribution in [0.25, 0.3) is 0 Å². The van der Waals surface area contributed by atoms with E-state index in [-0.39, 0.29) is 15.6 Å². The second-order valence-electron chi connectivity index (χ2n) is 4.14. The number of nitrogens with zero attached hydrogens (tertiary/aromatic N) is 1. The lowest BCUT2D eigenvalue weighted by molar-refractivity contribution is -0.138. The van der Waals surface area contributed by atoms with E-state index in [0.29, 0.717) is 0 Å². The van der Waals surface area contributed by atoms with Crippen LogP contribution in [0, 0.1) is 5.82 Å². The molecule has 0 radical (unpaired) electrons. The molecule has 0 saturated heterocycles. The monoisotopic (exact) mass is 348 g/mol. The van der Waals surface area contributed by atoms with Crippen molar-refractivity contribution in [2.45, 2.75) is 12.2 Å². The van der Waals surface area contributed by atoms with Gasteiger partial charge in [-0.25, -0.2) is 4.39 Å². The minimum absolute atomic E-state index is 0.131. The zero-order valence-electron chi connectivity index (χ0n) is 9.96. The fourth-order valence-electron chi connectivity index (χ4n) is 1.82. The number of aromatic nitrogens is 1. The van der Waals surface area contributed by atoms with Gasteiger partial charge < -0.3 is 5.73 Å². The Morgan fingerprint density at radius 2 is 1.85 bits per heavy atom. The Balaban J connectivity index is 2.52. The minimum Gasteiger partial charge on any atom is -0.320 e. The average Bonchev–Trinajstić information content (AvgIpc) is 2.37. The lowest BCUT2D eigenvalue weighted by atomic mass is 9.96. The maximum atomic E-state index is 13.1. The summed E-state index contributed by atoms with van der Waals surface area (Å²) in [5.74, 6) is -0.649. The molecule has 2 aromatic rings. The highest BCUT2D eigenvalue weighted by atomic mass is 79.9. The summed E-state index contributed by atoms with van der Waals surface area (Å²) < 4.78 is 52.4. The molecule has 0 aliphatic carbocycles. The van der Waals surface area contributed by atoms with Gasteiger partial charge in [0.1, 0.15) is 5.82 Å². The summed E-state index contributed by atoms with van der Waals surface area (Å²) in [6.07, 6.45) is -2.34. The minimum atomic E-state index is -4.54. The Kier molecular flexibility index (Phi) is 4.10. The summed E-state index contributed by atoms with van der Waals surface area (Å²) in [6.45, 7) is 0. The van der Waals surface area contributed by atoms with Crippen molar-refractivity contribution < 1.29 is 17.6 Å². The molecule has 1 aromatic carbocycles. The third-order valence-corrected chi connectivity index (χ3v) is 3.23. The normalized spacial score (nSPS) is 13.3. The van der Waals surface area contributed by atoms with Crippen molar-refractivity contribution in [3.8, 4) is 0 Å². The van der Waals surface area contributed by atoms with Crippen LogP contribution >= 0.6 is 15.9 Å². The third kappa shape index (κ3) is 3.16. The molecular weight excluding hydrogens is 340 g/mol. The molecule has 0 saturated carbocycles. The number of hydrogen-bond donors (Lipinski definition) is 1. The smallest absolute Gasteiger partial charge is 0.320 e. The van der Waals surface area contributed by atoms with Crippen molar-refractivity contribution in [2.24, 2.45) is 5.73 Å². The van der Waals surface area contributed by atoms with E-state index in [4.69, 9.17) is 5.73 Å². The fraction of sp³-hybridized carbons (Fsp3) is 0.154.